The summed E-state index contributed by atoms with van der Waals surface area (Å²) in [6.07, 6.45) is 15.0. The van der Waals surface area contributed by atoms with Crippen molar-refractivity contribution in [1.82, 2.24) is 0 Å². The molecule has 4 aliphatic carbocycles. The zero-order chi connectivity index (χ0) is 17.2. The first-order chi connectivity index (χ1) is 12.1. The van der Waals surface area contributed by atoms with Crippen LogP contribution in [0.15, 0.2) is 41.1 Å². The number of hydrogen-bond acceptors (Lipinski definition) is 3. The average molecular weight is 339 g/mol. The molecule has 3 heteroatoms. The smallest absolute Gasteiger partial charge is 0.111 e. The molecule has 0 radical (unpaired) electrons. The lowest BCUT2D eigenvalue weighted by molar-refractivity contribution is -0.108. The summed E-state index contributed by atoms with van der Waals surface area (Å²) in [5.41, 5.74) is 2.95. The zero-order valence-electron chi connectivity index (χ0n) is 15.2. The first-order valence-electron chi connectivity index (χ1n) is 10.1. The van der Waals surface area contributed by atoms with E-state index < -0.39 is 0 Å². The van der Waals surface area contributed by atoms with Crippen LogP contribution < -0.4 is 0 Å². The fourth-order valence-electron chi connectivity index (χ4n) is 7.37. The molecule has 0 aromatic rings. The third kappa shape index (κ3) is 2.02. The van der Waals surface area contributed by atoms with E-state index in [4.69, 9.17) is 4.74 Å². The van der Waals surface area contributed by atoms with Crippen LogP contribution in [0.5, 0.6) is 0 Å². The van der Waals surface area contributed by atoms with Gasteiger partial charge in [0.1, 0.15) is 6.04 Å². The maximum atomic E-state index is 11.0. The predicted molar refractivity (Wildman–Crippen MR) is 99.0 cm³/mol. The minimum absolute atomic E-state index is 0.000809. The molecule has 3 nitrogen and oxygen atoms in total. The van der Waals surface area contributed by atoms with Crippen LogP contribution in [0.3, 0.4) is 0 Å². The van der Waals surface area contributed by atoms with Gasteiger partial charge in [-0.3, -0.25) is 0 Å². The molecule has 5 aliphatic rings. The minimum atomic E-state index is -0.125. The molecule has 7 atom stereocenters. The van der Waals surface area contributed by atoms with Crippen LogP contribution in [-0.4, -0.2) is 18.2 Å². The second kappa shape index (κ2) is 5.39. The standard InChI is InChI=1S/C22H29NO2/c1-14-12-19-17(16-5-4-15(23-24)13-18(14)16)6-9-21(2)20(19)7-10-22(21)8-3-11-25-22/h3,8,13,15-17,19-20H,1,4-7,9-12H2,2H3/t15?,16-,17?,19?,20?,21+,22+/m1/s1. The van der Waals surface area contributed by atoms with Crippen molar-refractivity contribution in [3.8, 4) is 0 Å². The average Bonchev–Trinajstić information content (AvgIpc) is 3.22. The molecule has 1 heterocycles. The molecule has 0 saturated heterocycles. The highest BCUT2D eigenvalue weighted by atomic mass is 16.5. The lowest BCUT2D eigenvalue weighted by Crippen LogP contribution is -2.52. The maximum absolute atomic E-state index is 11.0. The second-order valence-corrected chi connectivity index (χ2v) is 9.32. The van der Waals surface area contributed by atoms with E-state index >= 15 is 0 Å². The van der Waals surface area contributed by atoms with Crippen LogP contribution in [0.4, 0.5) is 0 Å². The van der Waals surface area contributed by atoms with Gasteiger partial charge < -0.3 is 4.74 Å². The van der Waals surface area contributed by atoms with Crippen molar-refractivity contribution in [2.75, 3.05) is 6.61 Å². The summed E-state index contributed by atoms with van der Waals surface area (Å²) in [5.74, 6) is 2.87. The van der Waals surface area contributed by atoms with E-state index in [2.05, 4.69) is 36.9 Å². The minimum Gasteiger partial charge on any atom is -0.366 e. The van der Waals surface area contributed by atoms with Gasteiger partial charge in [-0.2, -0.15) is 4.91 Å². The van der Waals surface area contributed by atoms with Gasteiger partial charge in [0, 0.05) is 5.41 Å². The van der Waals surface area contributed by atoms with Gasteiger partial charge in [-0.1, -0.05) is 42.5 Å². The Morgan fingerprint density at radius 2 is 2.08 bits per heavy atom. The van der Waals surface area contributed by atoms with Crippen LogP contribution in [0.2, 0.25) is 0 Å². The summed E-state index contributed by atoms with van der Waals surface area (Å²) in [7, 11) is 0. The van der Waals surface area contributed by atoms with Gasteiger partial charge in [0.25, 0.3) is 0 Å². The Hall–Kier alpha value is -1.22. The van der Waals surface area contributed by atoms with Crippen LogP contribution in [0.1, 0.15) is 51.9 Å². The van der Waals surface area contributed by atoms with E-state index in [0.717, 1.165) is 43.6 Å². The van der Waals surface area contributed by atoms with E-state index in [1.165, 1.54) is 36.8 Å². The van der Waals surface area contributed by atoms with Crippen molar-refractivity contribution in [3.63, 3.8) is 0 Å². The Morgan fingerprint density at radius 1 is 1.20 bits per heavy atom. The molecule has 4 unspecified atom stereocenters. The molecule has 5 rings (SSSR count). The molecule has 0 amide bonds. The summed E-state index contributed by atoms with van der Waals surface area (Å²) in [4.78, 5) is 11.0. The molecule has 3 saturated carbocycles. The number of allylic oxidation sites excluding steroid dienone is 2. The van der Waals surface area contributed by atoms with Crippen LogP contribution in [0, 0.1) is 34.0 Å². The van der Waals surface area contributed by atoms with Gasteiger partial charge in [0.2, 0.25) is 0 Å². The number of ether oxygens (including phenoxy) is 1. The Kier molecular flexibility index (Phi) is 3.45. The molecule has 25 heavy (non-hydrogen) atoms. The van der Waals surface area contributed by atoms with Crippen molar-refractivity contribution in [3.05, 3.63) is 40.9 Å². The molecule has 0 aromatic carbocycles. The Labute approximate surface area is 150 Å². The third-order valence-electron chi connectivity index (χ3n) is 8.59. The number of nitrogens with zero attached hydrogens (tertiary/aromatic N) is 1. The van der Waals surface area contributed by atoms with E-state index in [9.17, 15) is 4.91 Å². The Morgan fingerprint density at radius 3 is 2.84 bits per heavy atom. The molecule has 3 fully saturated rings. The number of nitroso groups, excluding NO2 is 1. The van der Waals surface area contributed by atoms with Gasteiger partial charge in [0.05, 0.1) is 12.2 Å². The van der Waals surface area contributed by atoms with Gasteiger partial charge in [-0.15, -0.1) is 0 Å². The molecule has 0 aromatic heterocycles. The maximum Gasteiger partial charge on any atom is 0.111 e. The lowest BCUT2D eigenvalue weighted by Gasteiger charge is -2.56. The van der Waals surface area contributed by atoms with Crippen molar-refractivity contribution in [2.24, 2.45) is 34.3 Å². The topological polar surface area (TPSA) is 38.7 Å². The Balaban J connectivity index is 1.48. The molecule has 134 valence electrons. The van der Waals surface area contributed by atoms with Crippen LogP contribution >= 0.6 is 0 Å². The number of fused-ring (bicyclic) bond motifs is 6. The summed E-state index contributed by atoms with van der Waals surface area (Å²) in [6.45, 7) is 7.72. The first-order valence-corrected chi connectivity index (χ1v) is 10.1. The quantitative estimate of drug-likeness (QED) is 0.487. The van der Waals surface area contributed by atoms with Gasteiger partial charge in [0.15, 0.2) is 0 Å². The molecule has 0 N–H and O–H groups in total. The first kappa shape index (κ1) is 16.0. The normalized spacial score (nSPS) is 51.0. The molecule has 0 bridgehead atoms. The van der Waals surface area contributed by atoms with E-state index in [1.807, 2.05) is 0 Å². The fourth-order valence-corrected chi connectivity index (χ4v) is 7.37. The van der Waals surface area contributed by atoms with Gasteiger partial charge in [-0.25, -0.2) is 0 Å². The van der Waals surface area contributed by atoms with E-state index in [1.54, 1.807) is 0 Å². The highest BCUT2D eigenvalue weighted by Gasteiger charge is 2.63. The SMILES string of the molecule is C=C1CC2C(CC[C@@]3(C)C2CC[C@@]32C=CCO2)[C@H]2CCC(N=O)C=C12. The number of rotatable bonds is 1. The van der Waals surface area contributed by atoms with Crippen molar-refractivity contribution in [2.45, 2.75) is 63.5 Å². The number of hydrogen-bond donors (Lipinski definition) is 0. The lowest BCUT2D eigenvalue weighted by atomic mass is 9.50. The third-order valence-corrected chi connectivity index (χ3v) is 8.59. The second-order valence-electron chi connectivity index (χ2n) is 9.32. The van der Waals surface area contributed by atoms with Crippen LogP contribution in [-0.2, 0) is 4.74 Å². The molecular formula is C22H29NO2. The van der Waals surface area contributed by atoms with E-state index in [0.29, 0.717) is 5.92 Å². The summed E-state index contributed by atoms with van der Waals surface area (Å²) in [6, 6.07) is -0.125. The fraction of sp³-hybridized carbons (Fsp3) is 0.727. The van der Waals surface area contributed by atoms with E-state index in [-0.39, 0.29) is 17.1 Å². The van der Waals surface area contributed by atoms with Crippen LogP contribution in [0.25, 0.3) is 0 Å². The van der Waals surface area contributed by atoms with Crippen molar-refractivity contribution in [1.29, 1.82) is 0 Å². The molecular weight excluding hydrogens is 310 g/mol. The van der Waals surface area contributed by atoms with Crippen molar-refractivity contribution >= 4 is 0 Å². The summed E-state index contributed by atoms with van der Waals surface area (Å²) < 4.78 is 6.32. The predicted octanol–water partition coefficient (Wildman–Crippen LogP) is 5.19. The molecule has 1 spiro atoms. The largest absolute Gasteiger partial charge is 0.366 e. The highest BCUT2D eigenvalue weighted by Crippen LogP contribution is 2.67. The summed E-state index contributed by atoms with van der Waals surface area (Å²) in [5, 5.41) is 3.30. The monoisotopic (exact) mass is 339 g/mol. The summed E-state index contributed by atoms with van der Waals surface area (Å²) >= 11 is 0. The highest BCUT2D eigenvalue weighted by molar-refractivity contribution is 5.39. The van der Waals surface area contributed by atoms with Crippen molar-refractivity contribution < 1.29 is 4.74 Å². The molecule has 1 aliphatic heterocycles. The Bertz CT molecular complexity index is 680. The zero-order valence-corrected chi connectivity index (χ0v) is 15.2. The van der Waals surface area contributed by atoms with Gasteiger partial charge >= 0.3 is 0 Å². The van der Waals surface area contributed by atoms with Gasteiger partial charge in [-0.05, 0) is 74.2 Å².